The van der Waals surface area contributed by atoms with Gasteiger partial charge in [-0.05, 0) is 30.4 Å². The lowest BCUT2D eigenvalue weighted by Gasteiger charge is -2.11. The molecule has 18 heavy (non-hydrogen) atoms. The van der Waals surface area contributed by atoms with Crippen molar-refractivity contribution in [2.45, 2.75) is 27.2 Å². The Morgan fingerprint density at radius 3 is 2.50 bits per heavy atom. The lowest BCUT2D eigenvalue weighted by Crippen LogP contribution is -2.19. The van der Waals surface area contributed by atoms with Gasteiger partial charge in [0.25, 0.3) is 0 Å². The van der Waals surface area contributed by atoms with E-state index < -0.39 is 5.97 Å². The van der Waals surface area contributed by atoms with Crippen molar-refractivity contribution in [3.8, 4) is 0 Å². The second-order valence-electron chi connectivity index (χ2n) is 5.54. The van der Waals surface area contributed by atoms with E-state index in [1.165, 1.54) is 0 Å². The highest BCUT2D eigenvalue weighted by molar-refractivity contribution is 6.03. The molecule has 1 saturated carbocycles. The van der Waals surface area contributed by atoms with Crippen LogP contribution in [0.15, 0.2) is 18.2 Å². The molecule has 2 rings (SSSR count). The van der Waals surface area contributed by atoms with Crippen LogP contribution in [0.1, 0.15) is 36.2 Å². The summed E-state index contributed by atoms with van der Waals surface area (Å²) in [6, 6.07) is 5.10. The van der Waals surface area contributed by atoms with Crippen LogP contribution in [-0.2, 0) is 4.79 Å². The summed E-state index contributed by atoms with van der Waals surface area (Å²) in [5.41, 5.74) is 1.24. The highest BCUT2D eigenvalue weighted by Crippen LogP contribution is 2.52. The largest absolute Gasteiger partial charge is 0.478 e. The van der Waals surface area contributed by atoms with Gasteiger partial charge in [0.2, 0.25) is 5.91 Å². The van der Waals surface area contributed by atoms with Crippen LogP contribution in [0, 0.1) is 18.3 Å². The lowest BCUT2D eigenvalue weighted by molar-refractivity contribution is -0.118. The van der Waals surface area contributed by atoms with Crippen molar-refractivity contribution in [3.05, 3.63) is 29.3 Å². The van der Waals surface area contributed by atoms with Crippen LogP contribution >= 0.6 is 0 Å². The Labute approximate surface area is 106 Å². The lowest BCUT2D eigenvalue weighted by atomic mass is 10.1. The molecule has 1 unspecified atom stereocenters. The van der Waals surface area contributed by atoms with Gasteiger partial charge in [-0.15, -0.1) is 0 Å². The van der Waals surface area contributed by atoms with Gasteiger partial charge >= 0.3 is 5.97 Å². The third-order valence-corrected chi connectivity index (χ3v) is 3.57. The van der Waals surface area contributed by atoms with Gasteiger partial charge in [-0.2, -0.15) is 0 Å². The minimum absolute atomic E-state index is 0.0142. The second kappa shape index (κ2) is 4.12. The van der Waals surface area contributed by atoms with Crippen molar-refractivity contribution in [1.82, 2.24) is 0 Å². The van der Waals surface area contributed by atoms with E-state index in [1.54, 1.807) is 25.1 Å². The number of hydrogen-bond donors (Lipinski definition) is 2. The van der Waals surface area contributed by atoms with Crippen LogP contribution in [0.4, 0.5) is 5.69 Å². The third kappa shape index (κ3) is 2.23. The molecule has 0 bridgehead atoms. The van der Waals surface area contributed by atoms with Crippen molar-refractivity contribution in [2.24, 2.45) is 11.3 Å². The molecule has 4 heteroatoms. The number of aromatic carboxylic acids is 1. The molecular weight excluding hydrogens is 230 g/mol. The van der Waals surface area contributed by atoms with Gasteiger partial charge in [0, 0.05) is 5.92 Å². The first-order valence-corrected chi connectivity index (χ1v) is 5.97. The zero-order chi connectivity index (χ0) is 13.5. The van der Waals surface area contributed by atoms with Crippen molar-refractivity contribution in [1.29, 1.82) is 0 Å². The van der Waals surface area contributed by atoms with Crippen molar-refractivity contribution < 1.29 is 14.7 Å². The van der Waals surface area contributed by atoms with Gasteiger partial charge in [-0.3, -0.25) is 4.79 Å². The van der Waals surface area contributed by atoms with Crippen molar-refractivity contribution in [3.63, 3.8) is 0 Å². The SMILES string of the molecule is Cc1cccc(NC(=O)C2CC2(C)C)c1C(=O)O. The van der Waals surface area contributed by atoms with Gasteiger partial charge in [0.1, 0.15) is 0 Å². The maximum Gasteiger partial charge on any atom is 0.338 e. The molecule has 1 amide bonds. The second-order valence-corrected chi connectivity index (χ2v) is 5.54. The van der Waals surface area contributed by atoms with Gasteiger partial charge < -0.3 is 10.4 Å². The van der Waals surface area contributed by atoms with E-state index in [4.69, 9.17) is 5.11 Å². The van der Waals surface area contributed by atoms with Crippen molar-refractivity contribution in [2.75, 3.05) is 5.32 Å². The number of amides is 1. The number of hydrogen-bond acceptors (Lipinski definition) is 2. The number of carbonyl (C=O) groups excluding carboxylic acids is 1. The number of carboxylic acid groups (broad SMARTS) is 1. The summed E-state index contributed by atoms with van der Waals surface area (Å²) in [7, 11) is 0. The molecule has 4 nitrogen and oxygen atoms in total. The Balaban J connectivity index is 2.22. The summed E-state index contributed by atoms with van der Waals surface area (Å²) in [6.07, 6.45) is 0.854. The molecule has 1 aromatic rings. The van der Waals surface area contributed by atoms with E-state index >= 15 is 0 Å². The van der Waals surface area contributed by atoms with E-state index in [0.29, 0.717) is 11.3 Å². The first kappa shape index (κ1) is 12.6. The summed E-state index contributed by atoms with van der Waals surface area (Å²) in [4.78, 5) is 23.2. The number of rotatable bonds is 3. The maximum atomic E-state index is 12.0. The normalized spacial score (nSPS) is 20.3. The quantitative estimate of drug-likeness (QED) is 0.863. The highest BCUT2D eigenvalue weighted by Gasteiger charge is 2.50. The van der Waals surface area contributed by atoms with Gasteiger partial charge in [0.15, 0.2) is 0 Å². The first-order valence-electron chi connectivity index (χ1n) is 5.97. The summed E-state index contributed by atoms with van der Waals surface area (Å²) >= 11 is 0. The zero-order valence-corrected chi connectivity index (χ0v) is 10.8. The van der Waals surface area contributed by atoms with Crippen LogP contribution in [0.2, 0.25) is 0 Å². The fourth-order valence-corrected chi connectivity index (χ4v) is 2.19. The Bertz CT molecular complexity index is 520. The molecule has 1 atom stereocenters. The van der Waals surface area contributed by atoms with Crippen LogP contribution in [0.5, 0.6) is 0 Å². The molecule has 0 spiro atoms. The van der Waals surface area contributed by atoms with E-state index in [-0.39, 0.29) is 22.8 Å². The summed E-state index contributed by atoms with van der Waals surface area (Å²) in [6.45, 7) is 5.79. The number of carbonyl (C=O) groups is 2. The molecule has 1 aromatic carbocycles. The molecule has 0 aromatic heterocycles. The molecule has 0 saturated heterocycles. The van der Waals surface area contributed by atoms with E-state index in [9.17, 15) is 9.59 Å². The van der Waals surface area contributed by atoms with Crippen LogP contribution in [-0.4, -0.2) is 17.0 Å². The van der Waals surface area contributed by atoms with E-state index in [1.807, 2.05) is 13.8 Å². The number of carboxylic acids is 1. The average molecular weight is 247 g/mol. The van der Waals surface area contributed by atoms with E-state index in [2.05, 4.69) is 5.32 Å². The highest BCUT2D eigenvalue weighted by atomic mass is 16.4. The number of aryl methyl sites for hydroxylation is 1. The molecule has 0 aliphatic heterocycles. The molecule has 1 aliphatic rings. The van der Waals surface area contributed by atoms with Crippen LogP contribution in [0.25, 0.3) is 0 Å². The molecule has 96 valence electrons. The Kier molecular flexibility index (Phi) is 2.89. The number of anilines is 1. The van der Waals surface area contributed by atoms with Gasteiger partial charge in [-0.25, -0.2) is 4.79 Å². The fraction of sp³-hybridized carbons (Fsp3) is 0.429. The summed E-state index contributed by atoms with van der Waals surface area (Å²) in [5, 5.41) is 11.9. The fourth-order valence-electron chi connectivity index (χ4n) is 2.19. The molecular formula is C14H17NO3. The smallest absolute Gasteiger partial charge is 0.338 e. The minimum atomic E-state index is -1.02. The Hall–Kier alpha value is -1.84. The summed E-state index contributed by atoms with van der Waals surface area (Å²) in [5.74, 6) is -1.12. The number of benzene rings is 1. The summed E-state index contributed by atoms with van der Waals surface area (Å²) < 4.78 is 0. The van der Waals surface area contributed by atoms with Gasteiger partial charge in [0.05, 0.1) is 11.3 Å². The zero-order valence-electron chi connectivity index (χ0n) is 10.8. The van der Waals surface area contributed by atoms with Crippen molar-refractivity contribution >= 4 is 17.6 Å². The topological polar surface area (TPSA) is 66.4 Å². The molecule has 0 radical (unpaired) electrons. The van der Waals surface area contributed by atoms with Gasteiger partial charge in [-0.1, -0.05) is 26.0 Å². The number of nitrogens with one attached hydrogen (secondary N) is 1. The maximum absolute atomic E-state index is 12.0. The third-order valence-electron chi connectivity index (χ3n) is 3.57. The minimum Gasteiger partial charge on any atom is -0.478 e. The molecule has 1 fully saturated rings. The van der Waals surface area contributed by atoms with E-state index in [0.717, 1.165) is 6.42 Å². The Morgan fingerprint density at radius 2 is 2.00 bits per heavy atom. The monoisotopic (exact) mass is 247 g/mol. The standard InChI is InChI=1S/C14H17NO3/c1-8-5-4-6-10(11(8)13(17)18)15-12(16)9-7-14(9,2)3/h4-6,9H,7H2,1-3H3,(H,15,16)(H,17,18). The van der Waals surface area contributed by atoms with Crippen LogP contribution < -0.4 is 5.32 Å². The predicted octanol–water partition coefficient (Wildman–Crippen LogP) is 2.68. The molecule has 1 aliphatic carbocycles. The molecule has 0 heterocycles. The predicted molar refractivity (Wildman–Crippen MR) is 68.7 cm³/mol. The Morgan fingerprint density at radius 1 is 1.39 bits per heavy atom. The average Bonchev–Trinajstić information content (AvgIpc) is 2.87. The molecule has 2 N–H and O–H groups in total. The first-order chi connectivity index (χ1) is 8.33. The van der Waals surface area contributed by atoms with Crippen LogP contribution in [0.3, 0.4) is 0 Å².